The Labute approximate surface area is 103 Å². The van der Waals surface area contributed by atoms with Crippen molar-refractivity contribution in [2.24, 2.45) is 5.41 Å². The van der Waals surface area contributed by atoms with Gasteiger partial charge in [-0.1, -0.05) is 0 Å². The molecule has 2 heterocycles. The summed E-state index contributed by atoms with van der Waals surface area (Å²) < 4.78 is 0. The molecule has 2 aliphatic heterocycles. The summed E-state index contributed by atoms with van der Waals surface area (Å²) in [6.45, 7) is 3.47. The van der Waals surface area contributed by atoms with E-state index in [0.717, 1.165) is 12.8 Å². The van der Waals surface area contributed by atoms with Crippen LogP contribution in [0.3, 0.4) is 0 Å². The van der Waals surface area contributed by atoms with E-state index in [9.17, 15) is 9.90 Å². The number of hydrogen-bond acceptors (Lipinski definition) is 3. The molecule has 2 atom stereocenters. The zero-order chi connectivity index (χ0) is 12.6. The van der Waals surface area contributed by atoms with Gasteiger partial charge in [0.2, 0.25) is 5.91 Å². The van der Waals surface area contributed by atoms with Gasteiger partial charge in [0, 0.05) is 18.1 Å². The van der Waals surface area contributed by atoms with Crippen LogP contribution in [0.15, 0.2) is 0 Å². The van der Waals surface area contributed by atoms with Crippen LogP contribution in [0.5, 0.6) is 0 Å². The lowest BCUT2D eigenvalue weighted by Crippen LogP contribution is -2.51. The van der Waals surface area contributed by atoms with Crippen molar-refractivity contribution in [3.05, 3.63) is 0 Å². The van der Waals surface area contributed by atoms with Crippen LogP contribution in [-0.2, 0) is 4.79 Å². The first-order valence-corrected chi connectivity index (χ1v) is 6.58. The van der Waals surface area contributed by atoms with Gasteiger partial charge in [0.15, 0.2) is 0 Å². The highest BCUT2D eigenvalue weighted by Gasteiger charge is 2.40. The molecular weight excluding hydrogens is 216 g/mol. The van der Waals surface area contributed by atoms with Gasteiger partial charge >= 0.3 is 0 Å². The minimum atomic E-state index is -0.664. The topological polar surface area (TPSA) is 52.6 Å². The van der Waals surface area contributed by atoms with Crippen LogP contribution in [0, 0.1) is 5.41 Å². The lowest BCUT2D eigenvalue weighted by atomic mass is 9.91. The van der Waals surface area contributed by atoms with E-state index >= 15 is 0 Å². The van der Waals surface area contributed by atoms with Gasteiger partial charge in [-0.2, -0.15) is 0 Å². The second kappa shape index (κ2) is 4.58. The molecule has 17 heavy (non-hydrogen) atoms. The van der Waals surface area contributed by atoms with Crippen molar-refractivity contribution in [2.45, 2.75) is 57.7 Å². The van der Waals surface area contributed by atoms with Gasteiger partial charge in [-0.05, 0) is 46.6 Å². The first-order valence-electron chi connectivity index (χ1n) is 6.58. The third-order valence-corrected chi connectivity index (χ3v) is 4.44. The minimum Gasteiger partial charge on any atom is -0.395 e. The smallest absolute Gasteiger partial charge is 0.228 e. The molecule has 2 N–H and O–H groups in total. The van der Waals surface area contributed by atoms with Gasteiger partial charge in [0.25, 0.3) is 0 Å². The zero-order valence-corrected chi connectivity index (χ0v) is 11.1. The number of fused-ring (bicyclic) bond motifs is 2. The van der Waals surface area contributed by atoms with E-state index < -0.39 is 5.41 Å². The summed E-state index contributed by atoms with van der Waals surface area (Å²) in [6, 6.07) is 1.56. The number of amides is 1. The van der Waals surface area contributed by atoms with Crippen molar-refractivity contribution in [1.82, 2.24) is 10.2 Å². The van der Waals surface area contributed by atoms with Gasteiger partial charge in [-0.3, -0.25) is 4.79 Å². The molecule has 2 fully saturated rings. The Morgan fingerprint density at radius 1 is 1.35 bits per heavy atom. The molecule has 0 aromatic heterocycles. The first-order chi connectivity index (χ1) is 7.94. The summed E-state index contributed by atoms with van der Waals surface area (Å²) in [7, 11) is 2.19. The Bertz CT molecular complexity index is 290. The predicted molar refractivity (Wildman–Crippen MR) is 66.6 cm³/mol. The molecule has 2 unspecified atom stereocenters. The van der Waals surface area contributed by atoms with Crippen LogP contribution in [-0.4, -0.2) is 47.7 Å². The second-order valence-electron chi connectivity index (χ2n) is 6.23. The van der Waals surface area contributed by atoms with Crippen molar-refractivity contribution in [1.29, 1.82) is 0 Å². The number of nitrogens with one attached hydrogen (secondary N) is 1. The third kappa shape index (κ3) is 2.47. The number of aliphatic hydroxyl groups excluding tert-OH is 1. The summed E-state index contributed by atoms with van der Waals surface area (Å²) in [5.41, 5.74) is -0.664. The third-order valence-electron chi connectivity index (χ3n) is 4.44. The highest BCUT2D eigenvalue weighted by Crippen LogP contribution is 2.34. The lowest BCUT2D eigenvalue weighted by Gasteiger charge is -2.37. The fourth-order valence-corrected chi connectivity index (χ4v) is 2.98. The number of carbonyl (C=O) groups excluding carboxylic acids is 1. The maximum atomic E-state index is 12.0. The van der Waals surface area contributed by atoms with Crippen LogP contribution in [0.25, 0.3) is 0 Å². The summed E-state index contributed by atoms with van der Waals surface area (Å²) in [4.78, 5) is 14.5. The highest BCUT2D eigenvalue weighted by atomic mass is 16.3. The molecular formula is C13H24N2O2. The van der Waals surface area contributed by atoms with E-state index in [0.29, 0.717) is 18.1 Å². The fraction of sp³-hybridized carbons (Fsp3) is 0.923. The molecule has 4 heteroatoms. The van der Waals surface area contributed by atoms with Crippen molar-refractivity contribution < 1.29 is 9.90 Å². The molecule has 2 rings (SSSR count). The van der Waals surface area contributed by atoms with Crippen molar-refractivity contribution in [3.63, 3.8) is 0 Å². The normalized spacial score (nSPS) is 33.8. The molecule has 0 radical (unpaired) electrons. The van der Waals surface area contributed by atoms with Crippen molar-refractivity contribution in [3.8, 4) is 0 Å². The van der Waals surface area contributed by atoms with Crippen molar-refractivity contribution >= 4 is 5.91 Å². The average Bonchev–Trinajstić information content (AvgIpc) is 2.53. The Kier molecular flexibility index (Phi) is 3.46. The summed E-state index contributed by atoms with van der Waals surface area (Å²) in [5.74, 6) is -0.0195. The maximum Gasteiger partial charge on any atom is 0.228 e. The summed E-state index contributed by atoms with van der Waals surface area (Å²) in [6.07, 6.45) is 4.63. The van der Waals surface area contributed by atoms with Crippen LogP contribution in [0.1, 0.15) is 39.5 Å². The number of piperidine rings is 1. The Hall–Kier alpha value is -0.610. The monoisotopic (exact) mass is 240 g/mol. The number of rotatable bonds is 3. The average molecular weight is 240 g/mol. The Morgan fingerprint density at radius 3 is 2.35 bits per heavy atom. The van der Waals surface area contributed by atoms with Crippen LogP contribution in [0.4, 0.5) is 0 Å². The van der Waals surface area contributed by atoms with E-state index in [4.69, 9.17) is 0 Å². The van der Waals surface area contributed by atoms with E-state index in [1.54, 1.807) is 13.8 Å². The van der Waals surface area contributed by atoms with Crippen LogP contribution >= 0.6 is 0 Å². The molecule has 98 valence electrons. The van der Waals surface area contributed by atoms with E-state index in [2.05, 4.69) is 17.3 Å². The lowest BCUT2D eigenvalue weighted by molar-refractivity contribution is -0.132. The summed E-state index contributed by atoms with van der Waals surface area (Å²) in [5, 5.41) is 12.3. The van der Waals surface area contributed by atoms with Crippen molar-refractivity contribution in [2.75, 3.05) is 13.7 Å². The SMILES string of the molecule is CN1C2CCC1CC(NC(=O)C(C)(C)CO)C2. The number of aliphatic hydroxyl groups is 1. The van der Waals surface area contributed by atoms with E-state index in [-0.39, 0.29) is 12.5 Å². The Morgan fingerprint density at radius 2 is 1.88 bits per heavy atom. The van der Waals surface area contributed by atoms with Gasteiger partial charge in [0.1, 0.15) is 0 Å². The predicted octanol–water partition coefficient (Wildman–Crippen LogP) is 0.746. The molecule has 2 bridgehead atoms. The maximum absolute atomic E-state index is 12.0. The van der Waals surface area contributed by atoms with E-state index in [1.807, 2.05) is 0 Å². The van der Waals surface area contributed by atoms with Crippen LogP contribution in [0.2, 0.25) is 0 Å². The molecule has 2 saturated heterocycles. The molecule has 0 saturated carbocycles. The first kappa shape index (κ1) is 12.8. The quantitative estimate of drug-likeness (QED) is 0.765. The molecule has 0 aromatic rings. The van der Waals surface area contributed by atoms with Gasteiger partial charge in [-0.15, -0.1) is 0 Å². The number of hydrogen-bond donors (Lipinski definition) is 2. The zero-order valence-electron chi connectivity index (χ0n) is 11.1. The van der Waals surface area contributed by atoms with E-state index in [1.165, 1.54) is 12.8 Å². The molecule has 2 aliphatic rings. The molecule has 1 amide bonds. The molecule has 0 aromatic carbocycles. The molecule has 0 aliphatic carbocycles. The van der Waals surface area contributed by atoms with Crippen LogP contribution < -0.4 is 5.32 Å². The van der Waals surface area contributed by atoms with Gasteiger partial charge < -0.3 is 15.3 Å². The Balaban J connectivity index is 1.92. The fourth-order valence-electron chi connectivity index (χ4n) is 2.98. The molecule has 0 spiro atoms. The minimum absolute atomic E-state index is 0.0195. The highest BCUT2D eigenvalue weighted by molar-refractivity contribution is 5.82. The summed E-state index contributed by atoms with van der Waals surface area (Å²) >= 11 is 0. The number of nitrogens with zero attached hydrogens (tertiary/aromatic N) is 1. The largest absolute Gasteiger partial charge is 0.395 e. The van der Waals surface area contributed by atoms with Gasteiger partial charge in [0.05, 0.1) is 12.0 Å². The van der Waals surface area contributed by atoms with Gasteiger partial charge in [-0.25, -0.2) is 0 Å². The number of carbonyl (C=O) groups is 1. The second-order valence-corrected chi connectivity index (χ2v) is 6.23. The standard InChI is InChI=1S/C13H24N2O2/c1-13(2,8-16)12(17)14-9-6-10-4-5-11(7-9)15(10)3/h9-11,16H,4-8H2,1-3H3,(H,14,17). The molecule has 4 nitrogen and oxygen atoms in total.